The maximum Gasteiger partial charge on any atom is 0.145 e. The lowest BCUT2D eigenvalue weighted by atomic mass is 9.96. The van der Waals surface area contributed by atoms with Crippen LogP contribution >= 0.6 is 11.8 Å². The Balaban J connectivity index is 2.34. The monoisotopic (exact) mass is 281 g/mol. The summed E-state index contributed by atoms with van der Waals surface area (Å²) in [5.74, 6) is 9.14. The number of hydrogen-bond acceptors (Lipinski definition) is 6. The molecule has 1 aliphatic rings. The van der Waals surface area contributed by atoms with E-state index in [1.54, 1.807) is 0 Å². The van der Waals surface area contributed by atoms with Crippen molar-refractivity contribution in [3.8, 4) is 0 Å². The Morgan fingerprint density at radius 1 is 1.42 bits per heavy atom. The predicted octanol–water partition coefficient (Wildman–Crippen LogP) is 2.00. The largest absolute Gasteiger partial charge is 0.355 e. The summed E-state index contributed by atoms with van der Waals surface area (Å²) in [5, 5.41) is 0.635. The molecule has 0 radical (unpaired) electrons. The number of aromatic nitrogens is 2. The van der Waals surface area contributed by atoms with E-state index in [1.807, 2.05) is 17.8 Å². The van der Waals surface area contributed by atoms with Gasteiger partial charge in [0.25, 0.3) is 0 Å². The van der Waals surface area contributed by atoms with Crippen LogP contribution in [0.2, 0.25) is 0 Å². The van der Waals surface area contributed by atoms with E-state index in [4.69, 9.17) is 10.8 Å². The molecule has 0 spiro atoms. The number of nitrogens with zero attached hydrogens (tertiary/aromatic N) is 3. The SMILES string of the molecule is CC1CN(c2cc(NN)nc(C(C)(C)C)n2)CCS1. The van der Waals surface area contributed by atoms with Gasteiger partial charge in [-0.05, 0) is 0 Å². The van der Waals surface area contributed by atoms with Crippen molar-refractivity contribution >= 4 is 23.4 Å². The number of rotatable bonds is 2. The molecule has 0 aliphatic carbocycles. The van der Waals surface area contributed by atoms with Crippen LogP contribution in [0.15, 0.2) is 6.07 Å². The van der Waals surface area contributed by atoms with Crippen LogP contribution in [0.4, 0.5) is 11.6 Å². The lowest BCUT2D eigenvalue weighted by Crippen LogP contribution is -2.37. The molecule has 1 saturated heterocycles. The van der Waals surface area contributed by atoms with Crippen LogP contribution in [0, 0.1) is 0 Å². The van der Waals surface area contributed by atoms with E-state index in [0.717, 1.165) is 30.5 Å². The molecule has 0 aromatic carbocycles. The van der Waals surface area contributed by atoms with Gasteiger partial charge in [0.1, 0.15) is 17.5 Å². The lowest BCUT2D eigenvalue weighted by molar-refractivity contribution is 0.544. The number of anilines is 2. The van der Waals surface area contributed by atoms with Crippen molar-refractivity contribution < 1.29 is 0 Å². The third kappa shape index (κ3) is 3.51. The van der Waals surface area contributed by atoms with Crippen molar-refractivity contribution in [1.82, 2.24) is 9.97 Å². The highest BCUT2D eigenvalue weighted by molar-refractivity contribution is 8.00. The van der Waals surface area contributed by atoms with Crippen molar-refractivity contribution in [3.05, 3.63) is 11.9 Å². The van der Waals surface area contributed by atoms with Gasteiger partial charge in [-0.15, -0.1) is 0 Å². The molecular weight excluding hydrogens is 258 g/mol. The predicted molar refractivity (Wildman–Crippen MR) is 82.7 cm³/mol. The second kappa shape index (κ2) is 5.54. The zero-order valence-electron chi connectivity index (χ0n) is 12.1. The van der Waals surface area contributed by atoms with Gasteiger partial charge >= 0.3 is 0 Å². The van der Waals surface area contributed by atoms with Gasteiger partial charge in [-0.3, -0.25) is 0 Å². The molecule has 1 aromatic rings. The second-order valence-electron chi connectivity index (χ2n) is 5.96. The molecule has 0 amide bonds. The van der Waals surface area contributed by atoms with Crippen LogP contribution in [-0.4, -0.2) is 34.1 Å². The molecule has 106 valence electrons. The van der Waals surface area contributed by atoms with Crippen LogP contribution in [-0.2, 0) is 5.41 Å². The van der Waals surface area contributed by atoms with Crippen molar-refractivity contribution in [2.45, 2.75) is 38.4 Å². The summed E-state index contributed by atoms with van der Waals surface area (Å²) in [6.45, 7) is 10.6. The number of hydrazine groups is 1. The first-order chi connectivity index (χ1) is 8.90. The first kappa shape index (κ1) is 14.4. The molecule has 1 aliphatic heterocycles. The standard InChI is InChI=1S/C13H23N5S/c1-9-8-18(5-6-19-9)11-7-10(17-14)15-12(16-11)13(2,3)4/h7,9H,5-6,8,14H2,1-4H3,(H,15,16,17). The Bertz CT molecular complexity index is 443. The summed E-state index contributed by atoms with van der Waals surface area (Å²) in [6, 6.07) is 1.93. The van der Waals surface area contributed by atoms with Gasteiger partial charge in [-0.2, -0.15) is 11.8 Å². The fraction of sp³-hybridized carbons (Fsp3) is 0.692. The molecule has 19 heavy (non-hydrogen) atoms. The van der Waals surface area contributed by atoms with Crippen LogP contribution in [0.5, 0.6) is 0 Å². The third-order valence-corrected chi connectivity index (χ3v) is 4.23. The van der Waals surface area contributed by atoms with Crippen LogP contribution in [0.25, 0.3) is 0 Å². The number of nitrogens with two attached hydrogens (primary N) is 1. The minimum absolute atomic E-state index is 0.0856. The normalized spacial score (nSPS) is 20.5. The third-order valence-electron chi connectivity index (χ3n) is 3.10. The molecule has 1 fully saturated rings. The zero-order chi connectivity index (χ0) is 14.0. The molecule has 1 atom stereocenters. The molecule has 1 aromatic heterocycles. The molecule has 2 heterocycles. The van der Waals surface area contributed by atoms with Crippen molar-refractivity contribution in [1.29, 1.82) is 0 Å². The van der Waals surface area contributed by atoms with Crippen molar-refractivity contribution in [2.75, 3.05) is 29.2 Å². The molecule has 0 bridgehead atoms. The molecular formula is C13H23N5S. The fourth-order valence-corrected chi connectivity index (χ4v) is 3.05. The maximum absolute atomic E-state index is 5.52. The van der Waals surface area contributed by atoms with E-state index in [0.29, 0.717) is 11.1 Å². The van der Waals surface area contributed by atoms with Gasteiger partial charge < -0.3 is 10.3 Å². The highest BCUT2D eigenvalue weighted by atomic mass is 32.2. The minimum Gasteiger partial charge on any atom is -0.355 e. The van der Waals surface area contributed by atoms with Gasteiger partial charge in [0, 0.05) is 35.6 Å². The molecule has 6 heteroatoms. The van der Waals surface area contributed by atoms with Gasteiger partial charge in [-0.1, -0.05) is 27.7 Å². The van der Waals surface area contributed by atoms with E-state index >= 15 is 0 Å². The molecule has 5 nitrogen and oxygen atoms in total. The Hall–Kier alpha value is -1.01. The highest BCUT2D eigenvalue weighted by Crippen LogP contribution is 2.27. The molecule has 0 saturated carbocycles. The summed E-state index contributed by atoms with van der Waals surface area (Å²) < 4.78 is 0. The average Bonchev–Trinajstić information content (AvgIpc) is 2.37. The first-order valence-electron chi connectivity index (χ1n) is 6.63. The van der Waals surface area contributed by atoms with E-state index in [9.17, 15) is 0 Å². The summed E-state index contributed by atoms with van der Waals surface area (Å²) in [5.41, 5.74) is 2.56. The second-order valence-corrected chi connectivity index (χ2v) is 7.50. The topological polar surface area (TPSA) is 67.1 Å². The first-order valence-corrected chi connectivity index (χ1v) is 7.68. The van der Waals surface area contributed by atoms with Crippen molar-refractivity contribution in [2.24, 2.45) is 5.84 Å². The lowest BCUT2D eigenvalue weighted by Gasteiger charge is -2.32. The fourth-order valence-electron chi connectivity index (χ4n) is 2.03. The molecule has 1 unspecified atom stereocenters. The minimum atomic E-state index is -0.0856. The van der Waals surface area contributed by atoms with Gasteiger partial charge in [-0.25, -0.2) is 15.8 Å². The Labute approximate surface area is 119 Å². The summed E-state index contributed by atoms with van der Waals surface area (Å²) in [7, 11) is 0. The molecule has 2 rings (SSSR count). The van der Waals surface area contributed by atoms with E-state index in [2.05, 4.69) is 43.0 Å². The van der Waals surface area contributed by atoms with Crippen LogP contribution in [0.1, 0.15) is 33.5 Å². The molecule has 3 N–H and O–H groups in total. The average molecular weight is 281 g/mol. The van der Waals surface area contributed by atoms with Crippen LogP contribution in [0.3, 0.4) is 0 Å². The van der Waals surface area contributed by atoms with E-state index < -0.39 is 0 Å². The number of nitrogen functional groups attached to an aromatic ring is 1. The van der Waals surface area contributed by atoms with Gasteiger partial charge in [0.15, 0.2) is 0 Å². The maximum atomic E-state index is 5.52. The highest BCUT2D eigenvalue weighted by Gasteiger charge is 2.23. The Morgan fingerprint density at radius 2 is 2.16 bits per heavy atom. The van der Waals surface area contributed by atoms with E-state index in [-0.39, 0.29) is 5.41 Å². The quantitative estimate of drug-likeness (QED) is 0.638. The van der Waals surface area contributed by atoms with Crippen LogP contribution < -0.4 is 16.2 Å². The zero-order valence-corrected chi connectivity index (χ0v) is 12.9. The van der Waals surface area contributed by atoms with Crippen molar-refractivity contribution in [3.63, 3.8) is 0 Å². The number of nitrogens with one attached hydrogen (secondary N) is 1. The summed E-state index contributed by atoms with van der Waals surface area (Å²) >= 11 is 2.01. The van der Waals surface area contributed by atoms with Gasteiger partial charge in [0.2, 0.25) is 0 Å². The van der Waals surface area contributed by atoms with Gasteiger partial charge in [0.05, 0.1) is 0 Å². The van der Waals surface area contributed by atoms with E-state index in [1.165, 1.54) is 0 Å². The Kier molecular flexibility index (Phi) is 4.20. The smallest absolute Gasteiger partial charge is 0.145 e. The summed E-state index contributed by atoms with van der Waals surface area (Å²) in [4.78, 5) is 11.5. The number of thioether (sulfide) groups is 1. The Morgan fingerprint density at radius 3 is 2.74 bits per heavy atom. The number of hydrogen-bond donors (Lipinski definition) is 2. The summed E-state index contributed by atoms with van der Waals surface area (Å²) in [6.07, 6.45) is 0.